The lowest BCUT2D eigenvalue weighted by atomic mass is 10.0. The number of hydrogen-bond acceptors (Lipinski definition) is 15. The van der Waals surface area contributed by atoms with Crippen molar-refractivity contribution >= 4 is 39.5 Å². The van der Waals surface area contributed by atoms with E-state index in [4.69, 9.17) is 37.0 Å². The summed E-state index contributed by atoms with van der Waals surface area (Å²) in [4.78, 5) is 73.3. The maximum atomic E-state index is 13.2. The molecule has 0 heterocycles. The van der Waals surface area contributed by atoms with E-state index in [1.165, 1.54) is 283 Å². The number of hydrogen-bond donors (Lipinski definition) is 3. The zero-order valence-electron chi connectivity index (χ0n) is 69.7. The molecule has 0 aliphatic heterocycles. The predicted molar refractivity (Wildman–Crippen MR) is 437 cm³/mol. The summed E-state index contributed by atoms with van der Waals surface area (Å²) < 4.78 is 69.0. The third-order valence-electron chi connectivity index (χ3n) is 20.5. The molecule has 0 aromatic rings. The SMILES string of the molecule is CCCCCCCCCCCCCCCCCCCCCCC(=O)O[C@H](COC(=O)CCCCCCCCCCCCCCCCC(C)C)COP(=O)(O)OC[C@@H](O)COP(=O)(O)OC[C@@H](COC(=O)CCCCCCCCCCCCCC)OC(=O)CCCCCCCCCCCCCCCCC(C)C. The minimum absolute atomic E-state index is 0.108. The maximum absolute atomic E-state index is 13.2. The van der Waals surface area contributed by atoms with E-state index >= 15 is 0 Å². The molecule has 0 aromatic carbocycles. The molecular weight excluding hydrogens is 1380 g/mol. The standard InChI is InChI=1S/C87H170O17P2/c1-7-9-11-13-15-17-19-21-22-23-24-25-26-27-35-41-47-53-59-65-71-86(91)104-83(76-98-85(90)70-64-58-52-46-40-34-30-28-32-37-43-49-55-61-67-79(3)4)78-102-106(95,96)100-74-81(88)73-99-105(93,94)101-77-82(75-97-84(89)69-63-57-51-45-39-20-18-16-14-12-10-8-2)103-87(92)72-66-60-54-48-42-36-31-29-33-38-44-50-56-62-68-80(5)6/h79-83,88H,7-78H2,1-6H3,(H,93,94)(H,95,96)/t81-,82+,83+/m0/s1. The molecule has 0 aliphatic carbocycles. The van der Waals surface area contributed by atoms with Crippen LogP contribution in [-0.4, -0.2) is 96.7 Å². The van der Waals surface area contributed by atoms with Gasteiger partial charge >= 0.3 is 39.5 Å². The molecule has 0 saturated heterocycles. The van der Waals surface area contributed by atoms with E-state index in [0.717, 1.165) is 102 Å². The van der Waals surface area contributed by atoms with Crippen LogP contribution in [0.4, 0.5) is 0 Å². The smallest absolute Gasteiger partial charge is 0.462 e. The first-order valence-corrected chi connectivity index (χ1v) is 48.0. The summed E-state index contributed by atoms with van der Waals surface area (Å²) in [5, 5.41) is 10.7. The normalized spacial score (nSPS) is 13.8. The van der Waals surface area contributed by atoms with Gasteiger partial charge in [0.2, 0.25) is 0 Å². The Hall–Kier alpha value is -1.94. The van der Waals surface area contributed by atoms with E-state index in [2.05, 4.69) is 41.5 Å². The van der Waals surface area contributed by atoms with Crippen molar-refractivity contribution in [2.45, 2.75) is 484 Å². The van der Waals surface area contributed by atoms with Crippen molar-refractivity contribution in [1.82, 2.24) is 0 Å². The summed E-state index contributed by atoms with van der Waals surface area (Å²) in [6.07, 6.45) is 70.7. The van der Waals surface area contributed by atoms with Gasteiger partial charge in [0.15, 0.2) is 12.2 Å². The van der Waals surface area contributed by atoms with Crippen molar-refractivity contribution in [3.05, 3.63) is 0 Å². The maximum Gasteiger partial charge on any atom is 0.472 e. The molecule has 0 aromatic heterocycles. The fourth-order valence-electron chi connectivity index (χ4n) is 13.6. The zero-order chi connectivity index (χ0) is 77.8. The highest BCUT2D eigenvalue weighted by molar-refractivity contribution is 7.47. The number of esters is 4. The average molecular weight is 1550 g/mol. The summed E-state index contributed by atoms with van der Waals surface area (Å²) >= 11 is 0. The molecular formula is C87H170O17P2. The van der Waals surface area contributed by atoms with Gasteiger partial charge in [0.1, 0.15) is 19.3 Å². The topological polar surface area (TPSA) is 237 Å². The molecule has 106 heavy (non-hydrogen) atoms. The lowest BCUT2D eigenvalue weighted by molar-refractivity contribution is -0.161. The predicted octanol–water partition coefficient (Wildman–Crippen LogP) is 26.6. The van der Waals surface area contributed by atoms with Gasteiger partial charge in [-0.1, -0.05) is 414 Å². The Morgan fingerprint density at radius 2 is 0.434 bits per heavy atom. The molecule has 630 valence electrons. The number of phosphoric acid groups is 2. The summed E-state index contributed by atoms with van der Waals surface area (Å²) in [6.45, 7) is 9.73. The summed E-state index contributed by atoms with van der Waals surface area (Å²) in [7, 11) is -9.93. The molecule has 19 heteroatoms. The second-order valence-corrected chi connectivity index (χ2v) is 35.1. The van der Waals surface area contributed by atoms with E-state index in [1.807, 2.05) is 0 Å². The van der Waals surface area contributed by atoms with Crippen LogP contribution in [-0.2, 0) is 65.4 Å². The van der Waals surface area contributed by atoms with Gasteiger partial charge < -0.3 is 33.8 Å². The lowest BCUT2D eigenvalue weighted by Gasteiger charge is -2.21. The Morgan fingerprint density at radius 3 is 0.642 bits per heavy atom. The second kappa shape index (κ2) is 78.3. The van der Waals surface area contributed by atoms with E-state index in [9.17, 15) is 43.2 Å². The van der Waals surface area contributed by atoms with E-state index in [0.29, 0.717) is 25.7 Å². The molecule has 0 aliphatic rings. The van der Waals surface area contributed by atoms with Crippen LogP contribution in [0.5, 0.6) is 0 Å². The van der Waals surface area contributed by atoms with E-state index in [-0.39, 0.29) is 25.7 Å². The zero-order valence-corrected chi connectivity index (χ0v) is 71.5. The fraction of sp³-hybridized carbons (Fsp3) is 0.954. The van der Waals surface area contributed by atoms with E-state index in [1.54, 1.807) is 0 Å². The highest BCUT2D eigenvalue weighted by Gasteiger charge is 2.30. The molecule has 0 fully saturated rings. The van der Waals surface area contributed by atoms with E-state index < -0.39 is 97.5 Å². The third-order valence-corrected chi connectivity index (χ3v) is 22.4. The molecule has 5 atom stereocenters. The number of aliphatic hydroxyl groups is 1. The van der Waals surface area contributed by atoms with Crippen LogP contribution in [0.15, 0.2) is 0 Å². The largest absolute Gasteiger partial charge is 0.472 e. The molecule has 0 radical (unpaired) electrons. The van der Waals surface area contributed by atoms with Crippen LogP contribution in [0, 0.1) is 11.8 Å². The Balaban J connectivity index is 5.25. The molecule has 0 amide bonds. The highest BCUT2D eigenvalue weighted by Crippen LogP contribution is 2.45. The lowest BCUT2D eigenvalue weighted by Crippen LogP contribution is -2.30. The van der Waals surface area contributed by atoms with Gasteiger partial charge in [-0.15, -0.1) is 0 Å². The average Bonchev–Trinajstić information content (AvgIpc) is 0.900. The minimum atomic E-state index is -4.97. The Labute approximate surface area is 651 Å². The van der Waals surface area contributed by atoms with Crippen molar-refractivity contribution in [1.29, 1.82) is 0 Å². The molecule has 0 spiro atoms. The van der Waals surface area contributed by atoms with Gasteiger partial charge in [-0.25, -0.2) is 9.13 Å². The number of ether oxygens (including phenoxy) is 4. The van der Waals surface area contributed by atoms with Crippen molar-refractivity contribution in [3.8, 4) is 0 Å². The summed E-state index contributed by atoms with van der Waals surface area (Å²) in [5.41, 5.74) is 0. The van der Waals surface area contributed by atoms with Gasteiger partial charge in [0, 0.05) is 25.7 Å². The van der Waals surface area contributed by atoms with Crippen LogP contribution in [0.2, 0.25) is 0 Å². The number of phosphoric ester groups is 2. The third kappa shape index (κ3) is 80.1. The first-order valence-electron chi connectivity index (χ1n) is 45.0. The summed E-state index contributed by atoms with van der Waals surface area (Å²) in [6, 6.07) is 0. The van der Waals surface area contributed by atoms with Gasteiger partial charge in [-0.3, -0.25) is 37.3 Å². The summed E-state index contributed by atoms with van der Waals surface area (Å²) in [5.74, 6) is -0.504. The number of carbonyl (C=O) groups is 4. The molecule has 3 N–H and O–H groups in total. The van der Waals surface area contributed by atoms with Gasteiger partial charge in [-0.2, -0.15) is 0 Å². The van der Waals surface area contributed by atoms with Crippen LogP contribution in [0.3, 0.4) is 0 Å². The van der Waals surface area contributed by atoms with Crippen LogP contribution in [0.25, 0.3) is 0 Å². The van der Waals surface area contributed by atoms with Crippen molar-refractivity contribution in [3.63, 3.8) is 0 Å². The van der Waals surface area contributed by atoms with Crippen LogP contribution < -0.4 is 0 Å². The number of carbonyl (C=O) groups excluding carboxylic acids is 4. The monoisotopic (exact) mass is 1550 g/mol. The Morgan fingerprint density at radius 1 is 0.255 bits per heavy atom. The Kier molecular flexibility index (Phi) is 76.9. The Bertz CT molecular complexity index is 2030. The van der Waals surface area contributed by atoms with Gasteiger partial charge in [0.25, 0.3) is 0 Å². The van der Waals surface area contributed by atoms with Crippen molar-refractivity contribution in [2.24, 2.45) is 11.8 Å². The number of rotatable bonds is 86. The molecule has 0 rings (SSSR count). The van der Waals surface area contributed by atoms with Crippen molar-refractivity contribution in [2.75, 3.05) is 39.6 Å². The molecule has 17 nitrogen and oxygen atoms in total. The van der Waals surface area contributed by atoms with Gasteiger partial charge in [0.05, 0.1) is 26.4 Å². The van der Waals surface area contributed by atoms with Gasteiger partial charge in [-0.05, 0) is 37.5 Å². The molecule has 0 bridgehead atoms. The molecule has 0 saturated carbocycles. The van der Waals surface area contributed by atoms with Crippen molar-refractivity contribution < 1.29 is 80.2 Å². The second-order valence-electron chi connectivity index (χ2n) is 32.2. The van der Waals surface area contributed by atoms with Crippen LogP contribution in [0.1, 0.15) is 465 Å². The quantitative estimate of drug-likeness (QED) is 0.0222. The van der Waals surface area contributed by atoms with Crippen LogP contribution >= 0.6 is 15.6 Å². The molecule has 2 unspecified atom stereocenters. The number of aliphatic hydroxyl groups excluding tert-OH is 1. The first kappa shape index (κ1) is 104. The minimum Gasteiger partial charge on any atom is -0.462 e. The fourth-order valence-corrected chi connectivity index (χ4v) is 15.2. The highest BCUT2D eigenvalue weighted by atomic mass is 31.2. The first-order chi connectivity index (χ1) is 51.4. The number of unbranched alkanes of at least 4 members (excludes halogenated alkanes) is 56.